The first kappa shape index (κ1) is 17.3. The predicted molar refractivity (Wildman–Crippen MR) is 88.1 cm³/mol. The van der Waals surface area contributed by atoms with Crippen molar-refractivity contribution in [1.29, 1.82) is 0 Å². The molecular weight excluding hydrogens is 294 g/mol. The van der Waals surface area contributed by atoms with E-state index in [1.807, 2.05) is 24.3 Å². The molecule has 0 aromatic heterocycles. The van der Waals surface area contributed by atoms with Crippen LogP contribution in [0.15, 0.2) is 24.3 Å². The number of carbonyl (C=O) groups is 2. The first-order valence-electron chi connectivity index (χ1n) is 7.96. The third kappa shape index (κ3) is 5.25. The molecule has 0 radical (unpaired) electrons. The summed E-state index contributed by atoms with van der Waals surface area (Å²) in [6.45, 7) is 2.47. The van der Waals surface area contributed by atoms with Crippen LogP contribution in [0.3, 0.4) is 0 Å². The molecule has 0 spiro atoms. The molecule has 1 aromatic carbocycles. The summed E-state index contributed by atoms with van der Waals surface area (Å²) in [4.78, 5) is 25.7. The Labute approximate surface area is 137 Å². The second-order valence-corrected chi connectivity index (χ2v) is 5.79. The van der Waals surface area contributed by atoms with Gasteiger partial charge < -0.3 is 15.4 Å². The number of nitrogens with one attached hydrogen (secondary N) is 2. The van der Waals surface area contributed by atoms with Crippen molar-refractivity contribution < 1.29 is 14.3 Å². The van der Waals surface area contributed by atoms with E-state index in [1.165, 1.54) is 0 Å². The third-order valence-corrected chi connectivity index (χ3v) is 4.22. The highest BCUT2D eigenvalue weighted by Crippen LogP contribution is 2.16. The van der Waals surface area contributed by atoms with Crippen molar-refractivity contribution in [2.75, 3.05) is 33.8 Å². The van der Waals surface area contributed by atoms with Crippen molar-refractivity contribution >= 4 is 11.8 Å². The van der Waals surface area contributed by atoms with Crippen LogP contribution >= 0.6 is 0 Å². The van der Waals surface area contributed by atoms with E-state index in [0.717, 1.165) is 37.2 Å². The topological polar surface area (TPSA) is 70.7 Å². The van der Waals surface area contributed by atoms with Gasteiger partial charge in [-0.1, -0.05) is 12.1 Å². The molecule has 0 unspecified atom stereocenters. The van der Waals surface area contributed by atoms with Crippen molar-refractivity contribution in [2.24, 2.45) is 5.92 Å². The summed E-state index contributed by atoms with van der Waals surface area (Å²) >= 11 is 0. The van der Waals surface area contributed by atoms with Gasteiger partial charge in [0.25, 0.3) is 0 Å². The molecule has 2 rings (SSSR count). The van der Waals surface area contributed by atoms with Crippen LogP contribution in [0, 0.1) is 5.92 Å². The predicted octanol–water partition coefficient (Wildman–Crippen LogP) is 0.769. The van der Waals surface area contributed by atoms with E-state index >= 15 is 0 Å². The quantitative estimate of drug-likeness (QED) is 0.812. The van der Waals surface area contributed by atoms with E-state index in [0.29, 0.717) is 13.1 Å². The molecule has 6 nitrogen and oxygen atoms in total. The molecule has 0 bridgehead atoms. The molecular formula is C17H25N3O3. The molecule has 0 aliphatic carbocycles. The Bertz CT molecular complexity index is 522. The molecule has 1 fully saturated rings. The number of likely N-dealkylation sites (tertiary alicyclic amines) is 1. The maximum absolute atomic E-state index is 12.0. The fourth-order valence-corrected chi connectivity index (χ4v) is 2.76. The minimum atomic E-state index is 0.0132. The SMILES string of the molecule is CNC(=O)C1CCN(CC(=O)NCc2ccc(OC)cc2)CC1. The maximum Gasteiger partial charge on any atom is 0.234 e. The number of hydrogen-bond donors (Lipinski definition) is 2. The van der Waals surface area contributed by atoms with Crippen LogP contribution in [0.1, 0.15) is 18.4 Å². The Balaban J connectivity index is 1.70. The summed E-state index contributed by atoms with van der Waals surface area (Å²) in [5, 5.41) is 5.62. The summed E-state index contributed by atoms with van der Waals surface area (Å²) in [5.41, 5.74) is 1.04. The van der Waals surface area contributed by atoms with Gasteiger partial charge in [-0.15, -0.1) is 0 Å². The molecule has 1 aliphatic heterocycles. The fraction of sp³-hybridized carbons (Fsp3) is 0.529. The van der Waals surface area contributed by atoms with Crippen LogP contribution in [0.2, 0.25) is 0 Å². The van der Waals surface area contributed by atoms with Gasteiger partial charge in [-0.05, 0) is 43.6 Å². The highest BCUT2D eigenvalue weighted by atomic mass is 16.5. The summed E-state index contributed by atoms with van der Waals surface area (Å²) in [5.74, 6) is 1.01. The molecule has 0 saturated carbocycles. The number of methoxy groups -OCH3 is 1. The lowest BCUT2D eigenvalue weighted by molar-refractivity contribution is -0.126. The number of piperidine rings is 1. The summed E-state index contributed by atoms with van der Waals surface area (Å²) in [7, 11) is 3.30. The molecule has 2 N–H and O–H groups in total. The number of nitrogens with zero attached hydrogens (tertiary/aromatic N) is 1. The lowest BCUT2D eigenvalue weighted by Crippen LogP contribution is -2.43. The number of carbonyl (C=O) groups excluding carboxylic acids is 2. The van der Waals surface area contributed by atoms with Crippen LogP contribution in [-0.2, 0) is 16.1 Å². The molecule has 6 heteroatoms. The molecule has 0 atom stereocenters. The first-order chi connectivity index (χ1) is 11.1. The minimum Gasteiger partial charge on any atom is -0.497 e. The van der Waals surface area contributed by atoms with Crippen LogP contribution in [-0.4, -0.2) is 50.5 Å². The molecule has 2 amide bonds. The maximum atomic E-state index is 12.0. The molecule has 126 valence electrons. The number of benzene rings is 1. The lowest BCUT2D eigenvalue weighted by Gasteiger charge is -2.30. The first-order valence-corrected chi connectivity index (χ1v) is 7.96. The van der Waals surface area contributed by atoms with Crippen LogP contribution in [0.5, 0.6) is 5.75 Å². The zero-order valence-electron chi connectivity index (χ0n) is 13.8. The van der Waals surface area contributed by atoms with E-state index in [-0.39, 0.29) is 17.7 Å². The van der Waals surface area contributed by atoms with Crippen molar-refractivity contribution in [3.63, 3.8) is 0 Å². The Hall–Kier alpha value is -2.08. The van der Waals surface area contributed by atoms with Crippen LogP contribution in [0.25, 0.3) is 0 Å². The summed E-state index contributed by atoms with van der Waals surface area (Å²) < 4.78 is 5.11. The third-order valence-electron chi connectivity index (χ3n) is 4.22. The Morgan fingerprint density at radius 2 is 1.87 bits per heavy atom. The van der Waals surface area contributed by atoms with Gasteiger partial charge in [-0.3, -0.25) is 14.5 Å². The molecule has 1 aliphatic rings. The smallest absolute Gasteiger partial charge is 0.234 e. The highest BCUT2D eigenvalue weighted by Gasteiger charge is 2.24. The van der Waals surface area contributed by atoms with E-state index in [9.17, 15) is 9.59 Å². The molecule has 23 heavy (non-hydrogen) atoms. The van der Waals surface area contributed by atoms with Gasteiger partial charge >= 0.3 is 0 Å². The lowest BCUT2D eigenvalue weighted by atomic mass is 9.96. The standard InChI is InChI=1S/C17H25N3O3/c1-18-17(22)14-7-9-20(10-8-14)12-16(21)19-11-13-3-5-15(23-2)6-4-13/h3-6,14H,7-12H2,1-2H3,(H,18,22)(H,19,21). The van der Waals surface area contributed by atoms with Gasteiger partial charge in [0.05, 0.1) is 13.7 Å². The zero-order chi connectivity index (χ0) is 16.7. The van der Waals surface area contributed by atoms with Crippen molar-refractivity contribution in [3.8, 4) is 5.75 Å². The Kier molecular flexibility index (Phi) is 6.40. The average Bonchev–Trinajstić information content (AvgIpc) is 2.60. The van der Waals surface area contributed by atoms with Crippen molar-refractivity contribution in [3.05, 3.63) is 29.8 Å². The zero-order valence-corrected chi connectivity index (χ0v) is 13.8. The summed E-state index contributed by atoms with van der Waals surface area (Å²) in [6.07, 6.45) is 1.62. The largest absolute Gasteiger partial charge is 0.497 e. The van der Waals surface area contributed by atoms with Gasteiger partial charge in [0.15, 0.2) is 0 Å². The highest BCUT2D eigenvalue weighted by molar-refractivity contribution is 5.79. The van der Waals surface area contributed by atoms with Gasteiger partial charge in [0.2, 0.25) is 11.8 Å². The number of amides is 2. The van der Waals surface area contributed by atoms with Crippen LogP contribution < -0.4 is 15.4 Å². The van der Waals surface area contributed by atoms with Gasteiger partial charge in [-0.25, -0.2) is 0 Å². The Morgan fingerprint density at radius 1 is 1.22 bits per heavy atom. The number of ether oxygens (including phenoxy) is 1. The van der Waals surface area contributed by atoms with Crippen molar-refractivity contribution in [1.82, 2.24) is 15.5 Å². The molecule has 1 aromatic rings. The van der Waals surface area contributed by atoms with Crippen LogP contribution in [0.4, 0.5) is 0 Å². The molecule has 1 heterocycles. The monoisotopic (exact) mass is 319 g/mol. The minimum absolute atomic E-state index is 0.0132. The number of hydrogen-bond acceptors (Lipinski definition) is 4. The normalized spacial score (nSPS) is 15.9. The second kappa shape index (κ2) is 8.53. The van der Waals surface area contributed by atoms with E-state index in [4.69, 9.17) is 4.74 Å². The van der Waals surface area contributed by atoms with E-state index in [1.54, 1.807) is 14.2 Å². The van der Waals surface area contributed by atoms with Gasteiger partial charge in [0, 0.05) is 19.5 Å². The van der Waals surface area contributed by atoms with E-state index in [2.05, 4.69) is 15.5 Å². The fourth-order valence-electron chi connectivity index (χ4n) is 2.76. The van der Waals surface area contributed by atoms with Gasteiger partial charge in [-0.2, -0.15) is 0 Å². The average molecular weight is 319 g/mol. The Morgan fingerprint density at radius 3 is 2.43 bits per heavy atom. The van der Waals surface area contributed by atoms with Crippen molar-refractivity contribution in [2.45, 2.75) is 19.4 Å². The summed E-state index contributed by atoms with van der Waals surface area (Å²) in [6, 6.07) is 7.64. The van der Waals surface area contributed by atoms with E-state index < -0.39 is 0 Å². The molecule has 1 saturated heterocycles. The second-order valence-electron chi connectivity index (χ2n) is 5.79. The number of rotatable bonds is 6. The van der Waals surface area contributed by atoms with Gasteiger partial charge in [0.1, 0.15) is 5.75 Å².